The van der Waals surface area contributed by atoms with Crippen molar-refractivity contribution in [2.24, 2.45) is 5.92 Å². The molecule has 0 spiro atoms. The highest BCUT2D eigenvalue weighted by atomic mass is 16.2. The van der Waals surface area contributed by atoms with Gasteiger partial charge in [0.25, 0.3) is 0 Å². The lowest BCUT2D eigenvalue weighted by Crippen LogP contribution is -2.48. The Balaban J connectivity index is 2.32. The molecule has 0 aromatic carbocycles. The van der Waals surface area contributed by atoms with Gasteiger partial charge in [0.1, 0.15) is 0 Å². The fraction of sp³-hybridized carbons (Fsp3) is 0.923. The maximum absolute atomic E-state index is 11.8. The number of carbonyl (C=O) groups is 1. The monoisotopic (exact) mass is 226 g/mol. The highest BCUT2D eigenvalue weighted by Gasteiger charge is 2.31. The highest BCUT2D eigenvalue weighted by Crippen LogP contribution is 2.34. The predicted molar refractivity (Wildman–Crippen MR) is 67.3 cm³/mol. The van der Waals surface area contributed by atoms with Gasteiger partial charge >= 0.3 is 0 Å². The molecule has 0 aromatic rings. The van der Waals surface area contributed by atoms with Gasteiger partial charge in [0, 0.05) is 11.6 Å². The van der Waals surface area contributed by atoms with E-state index in [0.717, 1.165) is 12.3 Å². The summed E-state index contributed by atoms with van der Waals surface area (Å²) in [5, 5.41) is 3.07. The lowest BCUT2D eigenvalue weighted by molar-refractivity contribution is -0.124. The van der Waals surface area contributed by atoms with Crippen LogP contribution in [0.1, 0.15) is 47.0 Å². The predicted octanol–water partition coefficient (Wildman–Crippen LogP) is 2.02. The summed E-state index contributed by atoms with van der Waals surface area (Å²) in [6, 6.07) is 0.537. The second-order valence-corrected chi connectivity index (χ2v) is 5.78. The molecule has 1 unspecified atom stereocenters. The first-order chi connectivity index (χ1) is 7.35. The summed E-state index contributed by atoms with van der Waals surface area (Å²) < 4.78 is 0. The van der Waals surface area contributed by atoms with E-state index in [4.69, 9.17) is 0 Å². The lowest BCUT2D eigenvalue weighted by atomic mass is 10.0. The van der Waals surface area contributed by atoms with Crippen molar-refractivity contribution < 1.29 is 4.79 Å². The number of hydrogen-bond donors (Lipinski definition) is 1. The molecule has 16 heavy (non-hydrogen) atoms. The molecular formula is C13H26N2O. The molecule has 0 saturated heterocycles. The zero-order valence-corrected chi connectivity index (χ0v) is 11.3. The first kappa shape index (κ1) is 13.5. The molecule has 94 valence electrons. The van der Waals surface area contributed by atoms with Gasteiger partial charge in [0.2, 0.25) is 5.91 Å². The largest absolute Gasteiger partial charge is 0.350 e. The van der Waals surface area contributed by atoms with Crippen LogP contribution < -0.4 is 5.32 Å². The summed E-state index contributed by atoms with van der Waals surface area (Å²) in [6.07, 6.45) is 3.61. The molecule has 1 aliphatic rings. The summed E-state index contributed by atoms with van der Waals surface area (Å²) in [7, 11) is 2.04. The Morgan fingerprint density at radius 3 is 2.50 bits per heavy atom. The Morgan fingerprint density at radius 1 is 1.50 bits per heavy atom. The standard InChI is InChI=1S/C13H26N2O/c1-6-13(3,4)14-12(16)9-15(5)10(2)11-7-8-11/h10-11H,6-9H2,1-5H3,(H,14,16). The third-order valence-electron chi connectivity index (χ3n) is 3.75. The van der Waals surface area contributed by atoms with Crippen molar-refractivity contribution in [3.8, 4) is 0 Å². The summed E-state index contributed by atoms with van der Waals surface area (Å²) in [5.41, 5.74) is -0.0826. The van der Waals surface area contributed by atoms with Gasteiger partial charge in [-0.2, -0.15) is 0 Å². The average Bonchev–Trinajstić information content (AvgIpc) is 2.98. The van der Waals surface area contributed by atoms with Crippen molar-refractivity contribution >= 4 is 5.91 Å². The molecule has 1 saturated carbocycles. The molecule has 0 aromatic heterocycles. The first-order valence-electron chi connectivity index (χ1n) is 6.37. The second kappa shape index (κ2) is 5.17. The van der Waals surface area contributed by atoms with E-state index in [2.05, 4.69) is 37.9 Å². The van der Waals surface area contributed by atoms with Crippen LogP contribution in [0.3, 0.4) is 0 Å². The van der Waals surface area contributed by atoms with Crippen LogP contribution >= 0.6 is 0 Å². The van der Waals surface area contributed by atoms with E-state index in [1.54, 1.807) is 0 Å². The van der Waals surface area contributed by atoms with Crippen LogP contribution in [0, 0.1) is 5.92 Å². The Hall–Kier alpha value is -0.570. The number of rotatable bonds is 6. The molecule has 1 amide bonds. The number of carbonyl (C=O) groups excluding carboxylic acids is 1. The third-order valence-corrected chi connectivity index (χ3v) is 3.75. The van der Waals surface area contributed by atoms with Crippen LogP contribution in [0.5, 0.6) is 0 Å². The van der Waals surface area contributed by atoms with Gasteiger partial charge in [-0.3, -0.25) is 9.69 Å². The Labute approximate surface area is 99.6 Å². The summed E-state index contributed by atoms with van der Waals surface area (Å²) in [6.45, 7) is 8.96. The van der Waals surface area contributed by atoms with Gasteiger partial charge in [0.15, 0.2) is 0 Å². The maximum atomic E-state index is 11.8. The van der Waals surface area contributed by atoms with E-state index in [1.165, 1.54) is 12.8 Å². The van der Waals surface area contributed by atoms with Crippen LogP contribution in [0.2, 0.25) is 0 Å². The first-order valence-corrected chi connectivity index (χ1v) is 6.37. The average molecular weight is 226 g/mol. The number of nitrogens with one attached hydrogen (secondary N) is 1. The van der Waals surface area contributed by atoms with Crippen LogP contribution in [0.15, 0.2) is 0 Å². The van der Waals surface area contributed by atoms with E-state index < -0.39 is 0 Å². The lowest BCUT2D eigenvalue weighted by Gasteiger charge is -2.28. The molecule has 1 aliphatic carbocycles. The van der Waals surface area contributed by atoms with E-state index in [-0.39, 0.29) is 11.4 Å². The second-order valence-electron chi connectivity index (χ2n) is 5.78. The molecule has 0 aliphatic heterocycles. The van der Waals surface area contributed by atoms with Gasteiger partial charge in [-0.1, -0.05) is 6.92 Å². The molecule has 0 bridgehead atoms. The van der Waals surface area contributed by atoms with Crippen molar-refractivity contribution in [3.63, 3.8) is 0 Å². The summed E-state index contributed by atoms with van der Waals surface area (Å²) in [4.78, 5) is 14.0. The van der Waals surface area contributed by atoms with Gasteiger partial charge in [-0.05, 0) is 53.0 Å². The highest BCUT2D eigenvalue weighted by molar-refractivity contribution is 5.78. The minimum Gasteiger partial charge on any atom is -0.350 e. The fourth-order valence-electron chi connectivity index (χ4n) is 1.81. The van der Waals surface area contributed by atoms with Gasteiger partial charge in [0.05, 0.1) is 6.54 Å². The van der Waals surface area contributed by atoms with Crippen molar-refractivity contribution in [2.75, 3.05) is 13.6 Å². The fourth-order valence-corrected chi connectivity index (χ4v) is 1.81. The van der Waals surface area contributed by atoms with Crippen molar-refractivity contribution in [3.05, 3.63) is 0 Å². The smallest absolute Gasteiger partial charge is 0.234 e. The van der Waals surface area contributed by atoms with Crippen molar-refractivity contribution in [1.29, 1.82) is 0 Å². The zero-order chi connectivity index (χ0) is 12.3. The maximum Gasteiger partial charge on any atom is 0.234 e. The van der Waals surface area contributed by atoms with Gasteiger partial charge in [-0.25, -0.2) is 0 Å². The quantitative estimate of drug-likeness (QED) is 0.751. The van der Waals surface area contributed by atoms with Crippen LogP contribution in [-0.2, 0) is 4.79 Å². The number of amides is 1. The molecule has 1 N–H and O–H groups in total. The summed E-state index contributed by atoms with van der Waals surface area (Å²) >= 11 is 0. The topological polar surface area (TPSA) is 32.3 Å². The van der Waals surface area contributed by atoms with E-state index in [9.17, 15) is 4.79 Å². The molecular weight excluding hydrogens is 200 g/mol. The number of nitrogens with zero attached hydrogens (tertiary/aromatic N) is 1. The normalized spacial score (nSPS) is 18.6. The molecule has 3 heteroatoms. The van der Waals surface area contributed by atoms with Crippen LogP contribution in [0.4, 0.5) is 0 Å². The minimum atomic E-state index is -0.0826. The Morgan fingerprint density at radius 2 is 2.06 bits per heavy atom. The molecule has 1 fully saturated rings. The van der Waals surface area contributed by atoms with Crippen molar-refractivity contribution in [2.45, 2.75) is 58.5 Å². The SMILES string of the molecule is CCC(C)(C)NC(=O)CN(C)C(C)C1CC1. The minimum absolute atomic E-state index is 0.0826. The third kappa shape index (κ3) is 4.12. The van der Waals surface area contributed by atoms with E-state index >= 15 is 0 Å². The zero-order valence-electron chi connectivity index (χ0n) is 11.3. The Kier molecular flexibility index (Phi) is 4.36. The van der Waals surface area contributed by atoms with Gasteiger partial charge < -0.3 is 5.32 Å². The molecule has 3 nitrogen and oxygen atoms in total. The Bertz CT molecular complexity index is 246. The summed E-state index contributed by atoms with van der Waals surface area (Å²) in [5.74, 6) is 0.957. The molecule has 0 radical (unpaired) electrons. The van der Waals surface area contributed by atoms with E-state index in [0.29, 0.717) is 12.6 Å². The van der Waals surface area contributed by atoms with Crippen molar-refractivity contribution in [1.82, 2.24) is 10.2 Å². The molecule has 1 atom stereocenters. The van der Waals surface area contributed by atoms with Crippen LogP contribution in [-0.4, -0.2) is 36.0 Å². The molecule has 1 rings (SSSR count). The van der Waals surface area contributed by atoms with Crippen LogP contribution in [0.25, 0.3) is 0 Å². The van der Waals surface area contributed by atoms with Gasteiger partial charge in [-0.15, -0.1) is 0 Å². The molecule has 0 heterocycles. The number of hydrogen-bond acceptors (Lipinski definition) is 2. The van der Waals surface area contributed by atoms with E-state index in [1.807, 2.05) is 7.05 Å². The number of likely N-dealkylation sites (N-methyl/N-ethyl adjacent to an activating group) is 1.